The number of hydrogen-bond donors (Lipinski definition) is 1. The third-order valence-electron chi connectivity index (χ3n) is 6.31. The second-order valence-electron chi connectivity index (χ2n) is 9.22. The summed E-state index contributed by atoms with van der Waals surface area (Å²) in [4.78, 5) is 4.10. The number of rotatable bonds is 7. The fraction of sp³-hybridized carbons (Fsp3) is 0.161. The van der Waals surface area contributed by atoms with Gasteiger partial charge in [0, 0.05) is 49.6 Å². The number of anilines is 2. The van der Waals surface area contributed by atoms with Crippen molar-refractivity contribution in [3.63, 3.8) is 0 Å². The van der Waals surface area contributed by atoms with Gasteiger partial charge in [-0.1, -0.05) is 71.7 Å². The normalized spacial score (nSPS) is 13.2. The Hall–Kier alpha value is -3.24. The predicted octanol–water partition coefficient (Wildman–Crippen LogP) is 7.49. The molecule has 4 rings (SSSR count). The Morgan fingerprint density at radius 1 is 0.583 bits per heavy atom. The Kier molecular flexibility index (Phi) is 7.75. The molecular weight excluding hydrogens is 487 g/mol. The Balaban J connectivity index is 1.95. The van der Waals surface area contributed by atoms with Gasteiger partial charge in [0.2, 0.25) is 0 Å². The van der Waals surface area contributed by atoms with E-state index in [9.17, 15) is 5.11 Å². The van der Waals surface area contributed by atoms with Gasteiger partial charge in [-0.05, 0) is 82.4 Å². The first-order valence-electron chi connectivity index (χ1n) is 11.7. The van der Waals surface area contributed by atoms with Crippen LogP contribution in [0.2, 0.25) is 10.0 Å². The van der Waals surface area contributed by atoms with Crippen LogP contribution in [0.25, 0.3) is 5.57 Å². The largest absolute Gasteiger partial charge is 0.378 e. The van der Waals surface area contributed by atoms with Gasteiger partial charge in [0.05, 0.1) is 0 Å². The van der Waals surface area contributed by atoms with Crippen LogP contribution in [0, 0.1) is 0 Å². The summed E-state index contributed by atoms with van der Waals surface area (Å²) in [6.45, 7) is 0. The van der Waals surface area contributed by atoms with Crippen LogP contribution in [0.15, 0.2) is 103 Å². The van der Waals surface area contributed by atoms with Crippen molar-refractivity contribution >= 4 is 40.1 Å². The molecule has 0 fully saturated rings. The van der Waals surface area contributed by atoms with Gasteiger partial charge in [-0.25, -0.2) is 0 Å². The summed E-state index contributed by atoms with van der Waals surface area (Å²) in [5, 5.41) is 13.7. The molecule has 0 radical (unpaired) electrons. The second kappa shape index (κ2) is 10.8. The standard InChI is InChI=1S/C31H30Cl2N2O/c1-34(2)28-17-7-23(8-18-28)30(22-5-13-26(32)14-6-22)21-31(36,24-9-15-27(33)16-10-24)25-11-19-29(20-12-25)35(3)4/h5-21,36H,1-4H3. The summed E-state index contributed by atoms with van der Waals surface area (Å²) in [5.74, 6) is 0. The zero-order valence-corrected chi connectivity index (χ0v) is 22.4. The molecule has 0 saturated heterocycles. The maximum absolute atomic E-state index is 12.4. The molecule has 0 aliphatic carbocycles. The molecule has 0 saturated carbocycles. The Morgan fingerprint density at radius 2 is 0.917 bits per heavy atom. The number of aliphatic hydroxyl groups is 1. The third kappa shape index (κ3) is 5.60. The first-order chi connectivity index (χ1) is 17.2. The van der Waals surface area contributed by atoms with Crippen LogP contribution in [0.5, 0.6) is 0 Å². The van der Waals surface area contributed by atoms with Gasteiger partial charge in [-0.15, -0.1) is 0 Å². The highest BCUT2D eigenvalue weighted by Gasteiger charge is 2.30. The van der Waals surface area contributed by atoms with Gasteiger partial charge in [0.15, 0.2) is 0 Å². The van der Waals surface area contributed by atoms with Gasteiger partial charge in [-0.2, -0.15) is 0 Å². The van der Waals surface area contributed by atoms with Gasteiger partial charge < -0.3 is 14.9 Å². The number of benzene rings is 4. The van der Waals surface area contributed by atoms with E-state index in [0.29, 0.717) is 10.0 Å². The van der Waals surface area contributed by atoms with E-state index in [0.717, 1.165) is 39.2 Å². The zero-order valence-electron chi connectivity index (χ0n) is 20.9. The topological polar surface area (TPSA) is 26.7 Å². The molecule has 184 valence electrons. The molecule has 0 aliphatic heterocycles. The summed E-state index contributed by atoms with van der Waals surface area (Å²) in [7, 11) is 8.02. The highest BCUT2D eigenvalue weighted by atomic mass is 35.5. The van der Waals surface area contributed by atoms with E-state index in [1.807, 2.05) is 99.8 Å². The minimum atomic E-state index is -1.41. The van der Waals surface area contributed by atoms with Crippen LogP contribution in [0.4, 0.5) is 11.4 Å². The molecule has 0 aromatic heterocycles. The number of halogens is 2. The molecule has 1 atom stereocenters. The molecule has 1 N–H and O–H groups in total. The lowest BCUT2D eigenvalue weighted by Crippen LogP contribution is -2.25. The number of nitrogens with zero attached hydrogens (tertiary/aromatic N) is 2. The van der Waals surface area contributed by atoms with Crippen molar-refractivity contribution in [3.05, 3.63) is 135 Å². The Bertz CT molecular complexity index is 1330. The number of hydrogen-bond acceptors (Lipinski definition) is 3. The Labute approximate surface area is 223 Å². The van der Waals surface area contributed by atoms with E-state index in [-0.39, 0.29) is 0 Å². The average molecular weight is 518 g/mol. The molecule has 36 heavy (non-hydrogen) atoms. The van der Waals surface area contributed by atoms with E-state index >= 15 is 0 Å². The molecule has 0 spiro atoms. The summed E-state index contributed by atoms with van der Waals surface area (Å²) in [5.41, 5.74) is 5.05. The highest BCUT2D eigenvalue weighted by molar-refractivity contribution is 6.30. The van der Waals surface area contributed by atoms with E-state index in [2.05, 4.69) is 29.2 Å². The van der Waals surface area contributed by atoms with Gasteiger partial charge in [0.25, 0.3) is 0 Å². The van der Waals surface area contributed by atoms with E-state index in [1.165, 1.54) is 0 Å². The van der Waals surface area contributed by atoms with Crippen LogP contribution in [0.3, 0.4) is 0 Å². The SMILES string of the molecule is CN(C)c1ccc(C(=CC(O)(c2ccc(Cl)cc2)c2ccc(N(C)C)cc2)c2ccc(Cl)cc2)cc1. The van der Waals surface area contributed by atoms with Crippen LogP contribution in [-0.4, -0.2) is 33.3 Å². The van der Waals surface area contributed by atoms with Gasteiger partial charge in [0.1, 0.15) is 5.60 Å². The van der Waals surface area contributed by atoms with Crippen molar-refractivity contribution in [3.8, 4) is 0 Å². The maximum atomic E-state index is 12.4. The average Bonchev–Trinajstić information content (AvgIpc) is 2.88. The summed E-state index contributed by atoms with van der Waals surface area (Å²) < 4.78 is 0. The van der Waals surface area contributed by atoms with Crippen LogP contribution >= 0.6 is 23.2 Å². The molecule has 0 heterocycles. The smallest absolute Gasteiger partial charge is 0.134 e. The quantitative estimate of drug-likeness (QED) is 0.275. The molecule has 4 aromatic rings. The van der Waals surface area contributed by atoms with Crippen LogP contribution in [-0.2, 0) is 5.60 Å². The monoisotopic (exact) mass is 516 g/mol. The minimum Gasteiger partial charge on any atom is -0.378 e. The summed E-state index contributed by atoms with van der Waals surface area (Å²) >= 11 is 12.4. The van der Waals surface area contributed by atoms with E-state index < -0.39 is 5.60 Å². The van der Waals surface area contributed by atoms with Crippen molar-refractivity contribution in [2.45, 2.75) is 5.60 Å². The Morgan fingerprint density at radius 3 is 1.33 bits per heavy atom. The van der Waals surface area contributed by atoms with E-state index in [1.54, 1.807) is 12.1 Å². The summed E-state index contributed by atoms with van der Waals surface area (Å²) in [6.07, 6.45) is 1.93. The molecule has 4 aromatic carbocycles. The molecule has 0 amide bonds. The molecular formula is C31H30Cl2N2O. The molecule has 1 unspecified atom stereocenters. The predicted molar refractivity (Wildman–Crippen MR) is 155 cm³/mol. The molecule has 0 bridgehead atoms. The fourth-order valence-electron chi connectivity index (χ4n) is 4.16. The fourth-order valence-corrected chi connectivity index (χ4v) is 4.41. The molecule has 0 aliphatic rings. The minimum absolute atomic E-state index is 0.616. The lowest BCUT2D eigenvalue weighted by molar-refractivity contribution is 0.135. The van der Waals surface area contributed by atoms with Crippen LogP contribution in [0.1, 0.15) is 22.3 Å². The zero-order chi connectivity index (χ0) is 25.9. The van der Waals surface area contributed by atoms with Crippen molar-refractivity contribution in [2.24, 2.45) is 0 Å². The lowest BCUT2D eigenvalue weighted by Gasteiger charge is -2.29. The third-order valence-corrected chi connectivity index (χ3v) is 6.82. The lowest BCUT2D eigenvalue weighted by atomic mass is 9.82. The first-order valence-corrected chi connectivity index (χ1v) is 12.5. The molecule has 3 nitrogen and oxygen atoms in total. The van der Waals surface area contributed by atoms with Crippen LogP contribution < -0.4 is 9.80 Å². The van der Waals surface area contributed by atoms with Gasteiger partial charge >= 0.3 is 0 Å². The van der Waals surface area contributed by atoms with E-state index in [4.69, 9.17) is 23.2 Å². The second-order valence-corrected chi connectivity index (χ2v) is 10.1. The first kappa shape index (κ1) is 25.8. The van der Waals surface area contributed by atoms with Crippen molar-refractivity contribution < 1.29 is 5.11 Å². The van der Waals surface area contributed by atoms with Crippen molar-refractivity contribution in [1.82, 2.24) is 0 Å². The van der Waals surface area contributed by atoms with Crippen molar-refractivity contribution in [2.75, 3.05) is 38.0 Å². The van der Waals surface area contributed by atoms with Gasteiger partial charge in [-0.3, -0.25) is 0 Å². The van der Waals surface area contributed by atoms with Crippen molar-refractivity contribution in [1.29, 1.82) is 0 Å². The maximum Gasteiger partial charge on any atom is 0.134 e. The summed E-state index contributed by atoms with van der Waals surface area (Å²) in [6, 6.07) is 31.3. The molecule has 5 heteroatoms. The highest BCUT2D eigenvalue weighted by Crippen LogP contribution is 2.38.